The van der Waals surface area contributed by atoms with Crippen LogP contribution in [0.5, 0.6) is 0 Å². The molecule has 0 radical (unpaired) electrons. The van der Waals surface area contributed by atoms with Crippen LogP contribution < -0.4 is 5.32 Å². The minimum atomic E-state index is 0.323. The number of hydrogen-bond donors (Lipinski definition) is 1. The maximum atomic E-state index is 12.1. The molecule has 0 saturated carbocycles. The molecule has 0 aromatic heterocycles. The summed E-state index contributed by atoms with van der Waals surface area (Å²) in [5.41, 5.74) is 0. The van der Waals surface area contributed by atoms with Crippen molar-refractivity contribution in [2.45, 2.75) is 26.7 Å². The minimum absolute atomic E-state index is 0.323. The molecule has 0 atom stereocenters. The Kier molecular flexibility index (Phi) is 5.01. The van der Waals surface area contributed by atoms with Gasteiger partial charge in [0.25, 0.3) is 0 Å². The van der Waals surface area contributed by atoms with Crippen LogP contribution in [0.2, 0.25) is 0 Å². The number of hydrogen-bond acceptors (Lipinski definition) is 3. The summed E-state index contributed by atoms with van der Waals surface area (Å²) in [5.74, 6) is 1.68. The summed E-state index contributed by atoms with van der Waals surface area (Å²) in [7, 11) is 0. The highest BCUT2D eigenvalue weighted by Gasteiger charge is 2.26. The highest BCUT2D eigenvalue weighted by Crippen LogP contribution is 2.15. The van der Waals surface area contributed by atoms with Crippen LogP contribution in [0.15, 0.2) is 0 Å². The largest absolute Gasteiger partial charge is 0.340 e. The molecule has 2 fully saturated rings. The zero-order valence-corrected chi connectivity index (χ0v) is 11.8. The van der Waals surface area contributed by atoms with Gasteiger partial charge in [-0.3, -0.25) is 9.69 Å². The van der Waals surface area contributed by atoms with Crippen LogP contribution in [0.4, 0.5) is 0 Å². The van der Waals surface area contributed by atoms with E-state index in [1.165, 1.54) is 12.8 Å². The fraction of sp³-hybridized carbons (Fsp3) is 0.929. The second-order valence-electron chi connectivity index (χ2n) is 6.16. The van der Waals surface area contributed by atoms with Crippen molar-refractivity contribution in [1.82, 2.24) is 15.1 Å². The zero-order valence-electron chi connectivity index (χ0n) is 11.8. The molecule has 4 heteroatoms. The van der Waals surface area contributed by atoms with Gasteiger partial charge in [-0.15, -0.1) is 0 Å². The van der Waals surface area contributed by atoms with Crippen LogP contribution in [-0.4, -0.2) is 61.5 Å². The van der Waals surface area contributed by atoms with Crippen LogP contribution >= 0.6 is 0 Å². The summed E-state index contributed by atoms with van der Waals surface area (Å²) in [4.78, 5) is 16.4. The van der Waals surface area contributed by atoms with E-state index in [1.54, 1.807) is 0 Å². The van der Waals surface area contributed by atoms with Gasteiger partial charge in [-0.25, -0.2) is 0 Å². The Labute approximate surface area is 111 Å². The number of rotatable bonds is 4. The number of piperazine rings is 1. The third kappa shape index (κ3) is 3.95. The molecule has 0 bridgehead atoms. The highest BCUT2D eigenvalue weighted by atomic mass is 16.2. The average Bonchev–Trinajstić information content (AvgIpc) is 2.33. The second-order valence-corrected chi connectivity index (χ2v) is 6.16. The van der Waals surface area contributed by atoms with Crippen LogP contribution in [0.3, 0.4) is 0 Å². The molecule has 2 heterocycles. The summed E-state index contributed by atoms with van der Waals surface area (Å²) >= 11 is 0. The molecule has 2 saturated heterocycles. The molecule has 18 heavy (non-hydrogen) atoms. The molecule has 4 nitrogen and oxygen atoms in total. The van der Waals surface area contributed by atoms with E-state index in [2.05, 4.69) is 24.1 Å². The third-order valence-corrected chi connectivity index (χ3v) is 3.96. The van der Waals surface area contributed by atoms with E-state index >= 15 is 0 Å². The van der Waals surface area contributed by atoms with E-state index in [4.69, 9.17) is 0 Å². The lowest BCUT2D eigenvalue weighted by atomic mass is 9.97. The number of carbonyl (C=O) groups is 1. The number of nitrogens with one attached hydrogen (secondary N) is 1. The fourth-order valence-electron chi connectivity index (χ4n) is 2.98. The normalized spacial score (nSPS) is 23.9. The fourth-order valence-corrected chi connectivity index (χ4v) is 2.98. The number of amides is 1. The van der Waals surface area contributed by atoms with Gasteiger partial charge in [0.2, 0.25) is 5.91 Å². The quantitative estimate of drug-likeness (QED) is 0.804. The van der Waals surface area contributed by atoms with Gasteiger partial charge >= 0.3 is 0 Å². The van der Waals surface area contributed by atoms with Gasteiger partial charge in [-0.05, 0) is 37.8 Å². The molecule has 0 aromatic carbocycles. The van der Waals surface area contributed by atoms with E-state index in [-0.39, 0.29) is 0 Å². The Morgan fingerprint density at radius 2 is 2.00 bits per heavy atom. The van der Waals surface area contributed by atoms with Crippen LogP contribution in [-0.2, 0) is 4.79 Å². The molecule has 2 aliphatic rings. The maximum Gasteiger partial charge on any atom is 0.236 e. The molecule has 104 valence electrons. The molecule has 0 unspecified atom stereocenters. The van der Waals surface area contributed by atoms with Gasteiger partial charge in [0.05, 0.1) is 6.54 Å². The molecule has 2 rings (SSSR count). The molecule has 0 aliphatic carbocycles. The summed E-state index contributed by atoms with van der Waals surface area (Å²) in [6.07, 6.45) is 2.53. The molecular formula is C14H27N3O. The van der Waals surface area contributed by atoms with Crippen LogP contribution in [0.25, 0.3) is 0 Å². The molecule has 0 aromatic rings. The number of nitrogens with zero attached hydrogens (tertiary/aromatic N) is 2. The lowest BCUT2D eigenvalue weighted by Crippen LogP contribution is -2.52. The molecule has 1 amide bonds. The minimum Gasteiger partial charge on any atom is -0.340 e. The summed E-state index contributed by atoms with van der Waals surface area (Å²) in [6, 6.07) is 0. The lowest BCUT2D eigenvalue weighted by Gasteiger charge is -2.37. The molecule has 1 N–H and O–H groups in total. The first-order valence-electron chi connectivity index (χ1n) is 7.36. The van der Waals surface area contributed by atoms with E-state index < -0.39 is 0 Å². The van der Waals surface area contributed by atoms with Crippen LogP contribution in [0.1, 0.15) is 26.7 Å². The van der Waals surface area contributed by atoms with E-state index in [0.717, 1.165) is 45.2 Å². The van der Waals surface area contributed by atoms with Crippen molar-refractivity contribution in [3.8, 4) is 0 Å². The lowest BCUT2D eigenvalue weighted by molar-refractivity contribution is -0.136. The third-order valence-electron chi connectivity index (χ3n) is 3.96. The predicted molar refractivity (Wildman–Crippen MR) is 73.5 cm³/mol. The first-order chi connectivity index (χ1) is 8.65. The highest BCUT2D eigenvalue weighted by molar-refractivity contribution is 5.79. The van der Waals surface area contributed by atoms with Gasteiger partial charge in [-0.1, -0.05) is 13.8 Å². The van der Waals surface area contributed by atoms with Crippen molar-refractivity contribution in [1.29, 1.82) is 0 Å². The van der Waals surface area contributed by atoms with Gasteiger partial charge in [0, 0.05) is 26.2 Å². The van der Waals surface area contributed by atoms with Gasteiger partial charge in [0.15, 0.2) is 0 Å². The van der Waals surface area contributed by atoms with Crippen molar-refractivity contribution in [2.24, 2.45) is 11.8 Å². The van der Waals surface area contributed by atoms with Gasteiger partial charge in [0.1, 0.15) is 0 Å². The van der Waals surface area contributed by atoms with Crippen molar-refractivity contribution in [3.63, 3.8) is 0 Å². The van der Waals surface area contributed by atoms with Crippen molar-refractivity contribution < 1.29 is 4.79 Å². The Balaban J connectivity index is 1.75. The number of piperidine rings is 1. The van der Waals surface area contributed by atoms with Crippen molar-refractivity contribution in [2.75, 3.05) is 45.8 Å². The Hall–Kier alpha value is -0.610. The van der Waals surface area contributed by atoms with E-state index in [1.807, 2.05) is 4.90 Å². The van der Waals surface area contributed by atoms with Crippen LogP contribution in [0, 0.1) is 11.8 Å². The maximum absolute atomic E-state index is 12.1. The van der Waals surface area contributed by atoms with Gasteiger partial charge in [-0.2, -0.15) is 0 Å². The number of carbonyl (C=O) groups excluding carboxylic acids is 1. The topological polar surface area (TPSA) is 35.6 Å². The standard InChI is InChI=1S/C14H27N3O/c1-12(2)9-17-8-7-16(11-14(17)18)10-13-3-5-15-6-4-13/h12-13,15H,3-11H2,1-2H3. The summed E-state index contributed by atoms with van der Waals surface area (Å²) < 4.78 is 0. The van der Waals surface area contributed by atoms with Crippen molar-refractivity contribution >= 4 is 5.91 Å². The van der Waals surface area contributed by atoms with Crippen molar-refractivity contribution in [3.05, 3.63) is 0 Å². The molecular weight excluding hydrogens is 226 g/mol. The van der Waals surface area contributed by atoms with E-state index in [9.17, 15) is 4.79 Å². The first-order valence-corrected chi connectivity index (χ1v) is 7.36. The van der Waals surface area contributed by atoms with E-state index in [0.29, 0.717) is 18.4 Å². The smallest absolute Gasteiger partial charge is 0.236 e. The monoisotopic (exact) mass is 253 g/mol. The predicted octanol–water partition coefficient (Wildman–Crippen LogP) is 0.786. The Morgan fingerprint density at radius 3 is 2.61 bits per heavy atom. The second kappa shape index (κ2) is 6.53. The summed E-state index contributed by atoms with van der Waals surface area (Å²) in [5, 5.41) is 3.40. The van der Waals surface area contributed by atoms with Gasteiger partial charge < -0.3 is 10.2 Å². The molecule has 0 spiro atoms. The SMILES string of the molecule is CC(C)CN1CCN(CC2CCNCC2)CC1=O. The summed E-state index contributed by atoms with van der Waals surface area (Å²) in [6.45, 7) is 11.3. The molecule has 2 aliphatic heterocycles. The average molecular weight is 253 g/mol. The first kappa shape index (κ1) is 13.8. The Bertz CT molecular complexity index is 274. The Morgan fingerprint density at radius 1 is 1.28 bits per heavy atom. The zero-order chi connectivity index (χ0) is 13.0.